The number of amidine groups is 1. The number of nitrogens with zero attached hydrogens (tertiary/aromatic N) is 2. The highest BCUT2D eigenvalue weighted by molar-refractivity contribution is 5.95. The second-order valence-electron chi connectivity index (χ2n) is 4.08. The number of carbonyl (C=O) groups is 1. The Balaban J connectivity index is 2.23. The van der Waals surface area contributed by atoms with Gasteiger partial charge < -0.3 is 14.7 Å². The van der Waals surface area contributed by atoms with Gasteiger partial charge in [-0.1, -0.05) is 12.1 Å². The average molecular weight is 248 g/mol. The standard InChI is InChI=1S/C13H16N2O3/c1-10(15-6-8-18-9-7-15)14-12-5-3-2-4-11(12)13(16)17/h2-5H,6-9H2,1H3,(H,16,17). The van der Waals surface area contributed by atoms with E-state index in [1.54, 1.807) is 24.3 Å². The summed E-state index contributed by atoms with van der Waals surface area (Å²) in [7, 11) is 0. The molecule has 1 aromatic carbocycles. The Kier molecular flexibility index (Phi) is 3.94. The summed E-state index contributed by atoms with van der Waals surface area (Å²) in [6.07, 6.45) is 0. The molecule has 1 saturated heterocycles. The van der Waals surface area contributed by atoms with Crippen LogP contribution in [0.1, 0.15) is 17.3 Å². The summed E-state index contributed by atoms with van der Waals surface area (Å²) < 4.78 is 5.27. The van der Waals surface area contributed by atoms with Gasteiger partial charge in [-0.25, -0.2) is 9.79 Å². The van der Waals surface area contributed by atoms with Crippen molar-refractivity contribution in [2.45, 2.75) is 6.92 Å². The predicted molar refractivity (Wildman–Crippen MR) is 68.6 cm³/mol. The van der Waals surface area contributed by atoms with Gasteiger partial charge in [-0.05, 0) is 19.1 Å². The molecule has 0 unspecified atom stereocenters. The first-order chi connectivity index (χ1) is 8.68. The second kappa shape index (κ2) is 5.64. The van der Waals surface area contributed by atoms with E-state index in [-0.39, 0.29) is 5.56 Å². The first-order valence-electron chi connectivity index (χ1n) is 5.89. The Morgan fingerprint density at radius 2 is 2.00 bits per heavy atom. The molecule has 0 saturated carbocycles. The van der Waals surface area contributed by atoms with Crippen LogP contribution in [0.5, 0.6) is 0 Å². The minimum Gasteiger partial charge on any atom is -0.478 e. The van der Waals surface area contributed by atoms with E-state index < -0.39 is 5.97 Å². The quantitative estimate of drug-likeness (QED) is 0.640. The van der Waals surface area contributed by atoms with Crippen molar-refractivity contribution in [2.24, 2.45) is 4.99 Å². The van der Waals surface area contributed by atoms with Gasteiger partial charge in [0.2, 0.25) is 0 Å². The van der Waals surface area contributed by atoms with Crippen LogP contribution in [0, 0.1) is 0 Å². The lowest BCUT2D eigenvalue weighted by molar-refractivity contribution is 0.0677. The Bertz CT molecular complexity index is 465. The zero-order valence-electron chi connectivity index (χ0n) is 10.3. The lowest BCUT2D eigenvalue weighted by atomic mass is 10.2. The van der Waals surface area contributed by atoms with Crippen molar-refractivity contribution in [1.82, 2.24) is 4.90 Å². The predicted octanol–water partition coefficient (Wildman–Crippen LogP) is 1.77. The highest BCUT2D eigenvalue weighted by Gasteiger charge is 2.13. The number of morpholine rings is 1. The summed E-state index contributed by atoms with van der Waals surface area (Å²) in [6.45, 7) is 4.86. The second-order valence-corrected chi connectivity index (χ2v) is 4.08. The molecule has 1 aliphatic heterocycles. The van der Waals surface area contributed by atoms with Crippen LogP contribution in [0.3, 0.4) is 0 Å². The Morgan fingerprint density at radius 3 is 2.67 bits per heavy atom. The lowest BCUT2D eigenvalue weighted by Gasteiger charge is -2.28. The Hall–Kier alpha value is -1.88. The van der Waals surface area contributed by atoms with E-state index in [1.165, 1.54) is 0 Å². The molecule has 5 nitrogen and oxygen atoms in total. The third-order valence-corrected chi connectivity index (χ3v) is 2.89. The molecule has 2 rings (SSSR count). The zero-order valence-corrected chi connectivity index (χ0v) is 10.3. The number of hydrogen-bond acceptors (Lipinski definition) is 3. The highest BCUT2D eigenvalue weighted by atomic mass is 16.5. The summed E-state index contributed by atoms with van der Waals surface area (Å²) >= 11 is 0. The van der Waals surface area contributed by atoms with Crippen LogP contribution in [-0.2, 0) is 4.74 Å². The molecule has 96 valence electrons. The van der Waals surface area contributed by atoms with Gasteiger partial charge in [0.1, 0.15) is 5.84 Å². The van der Waals surface area contributed by atoms with Crippen LogP contribution < -0.4 is 0 Å². The van der Waals surface area contributed by atoms with Crippen LogP contribution in [0.2, 0.25) is 0 Å². The fraction of sp³-hybridized carbons (Fsp3) is 0.385. The molecule has 0 aromatic heterocycles. The van der Waals surface area contributed by atoms with Crippen molar-refractivity contribution in [3.63, 3.8) is 0 Å². The van der Waals surface area contributed by atoms with E-state index in [0.29, 0.717) is 18.9 Å². The number of rotatable bonds is 2. The first kappa shape index (κ1) is 12.6. The molecule has 1 N–H and O–H groups in total. The third kappa shape index (κ3) is 2.87. The van der Waals surface area contributed by atoms with E-state index >= 15 is 0 Å². The van der Waals surface area contributed by atoms with E-state index in [9.17, 15) is 4.79 Å². The SMILES string of the molecule is CC(=Nc1ccccc1C(=O)O)N1CCOCC1. The largest absolute Gasteiger partial charge is 0.478 e. The number of para-hydroxylation sites is 1. The summed E-state index contributed by atoms with van der Waals surface area (Å²) in [4.78, 5) is 17.6. The highest BCUT2D eigenvalue weighted by Crippen LogP contribution is 2.19. The van der Waals surface area contributed by atoms with Crippen molar-refractivity contribution >= 4 is 17.5 Å². The molecule has 5 heteroatoms. The van der Waals surface area contributed by atoms with E-state index in [1.807, 2.05) is 6.92 Å². The molecule has 1 aromatic rings. The lowest BCUT2D eigenvalue weighted by Crippen LogP contribution is -2.39. The maximum absolute atomic E-state index is 11.1. The number of benzene rings is 1. The molecule has 0 aliphatic carbocycles. The molecule has 1 aliphatic rings. The number of carboxylic acid groups (broad SMARTS) is 1. The minimum absolute atomic E-state index is 0.227. The van der Waals surface area contributed by atoms with E-state index in [0.717, 1.165) is 18.9 Å². The third-order valence-electron chi connectivity index (χ3n) is 2.89. The minimum atomic E-state index is -0.955. The molecule has 18 heavy (non-hydrogen) atoms. The van der Waals surface area contributed by atoms with Crippen LogP contribution in [0.4, 0.5) is 5.69 Å². The fourth-order valence-electron chi connectivity index (χ4n) is 1.88. The topological polar surface area (TPSA) is 62.1 Å². The van der Waals surface area contributed by atoms with Crippen molar-refractivity contribution in [2.75, 3.05) is 26.3 Å². The van der Waals surface area contributed by atoms with Crippen LogP contribution in [0.25, 0.3) is 0 Å². The van der Waals surface area contributed by atoms with Gasteiger partial charge >= 0.3 is 5.97 Å². The zero-order chi connectivity index (χ0) is 13.0. The molecular formula is C13H16N2O3. The summed E-state index contributed by atoms with van der Waals surface area (Å²) in [6, 6.07) is 6.77. The maximum atomic E-state index is 11.1. The van der Waals surface area contributed by atoms with E-state index in [4.69, 9.17) is 9.84 Å². The number of ether oxygens (including phenoxy) is 1. The van der Waals surface area contributed by atoms with Crippen molar-refractivity contribution < 1.29 is 14.6 Å². The average Bonchev–Trinajstić information content (AvgIpc) is 2.40. The first-order valence-corrected chi connectivity index (χ1v) is 5.89. The van der Waals surface area contributed by atoms with Crippen LogP contribution in [-0.4, -0.2) is 48.1 Å². The van der Waals surface area contributed by atoms with Crippen molar-refractivity contribution in [3.05, 3.63) is 29.8 Å². The van der Waals surface area contributed by atoms with Crippen molar-refractivity contribution in [3.8, 4) is 0 Å². The van der Waals surface area contributed by atoms with Gasteiger partial charge in [0.05, 0.1) is 24.5 Å². The Labute approximate surface area is 106 Å². The summed E-state index contributed by atoms with van der Waals surface area (Å²) in [5.41, 5.74) is 0.721. The molecule has 0 radical (unpaired) electrons. The number of aliphatic imine (C=N–C) groups is 1. The Morgan fingerprint density at radius 1 is 1.33 bits per heavy atom. The molecule has 0 spiro atoms. The molecule has 0 bridgehead atoms. The van der Waals surface area contributed by atoms with Gasteiger partial charge in [-0.15, -0.1) is 0 Å². The summed E-state index contributed by atoms with van der Waals surface area (Å²) in [5.74, 6) is -0.129. The summed E-state index contributed by atoms with van der Waals surface area (Å²) in [5, 5.41) is 9.09. The van der Waals surface area contributed by atoms with Crippen LogP contribution in [0.15, 0.2) is 29.3 Å². The van der Waals surface area contributed by atoms with Crippen LogP contribution >= 0.6 is 0 Å². The molecule has 1 heterocycles. The number of hydrogen-bond donors (Lipinski definition) is 1. The van der Waals surface area contributed by atoms with Gasteiger partial charge in [-0.2, -0.15) is 0 Å². The number of aromatic carboxylic acids is 1. The van der Waals surface area contributed by atoms with Gasteiger partial charge in [0.25, 0.3) is 0 Å². The monoisotopic (exact) mass is 248 g/mol. The molecular weight excluding hydrogens is 232 g/mol. The fourth-order valence-corrected chi connectivity index (χ4v) is 1.88. The molecule has 0 atom stereocenters. The smallest absolute Gasteiger partial charge is 0.337 e. The maximum Gasteiger partial charge on any atom is 0.337 e. The van der Waals surface area contributed by atoms with Gasteiger partial charge in [0, 0.05) is 13.1 Å². The molecule has 1 fully saturated rings. The van der Waals surface area contributed by atoms with E-state index in [2.05, 4.69) is 9.89 Å². The normalized spacial score (nSPS) is 16.7. The van der Waals surface area contributed by atoms with Gasteiger partial charge in [0.15, 0.2) is 0 Å². The number of carboxylic acids is 1. The van der Waals surface area contributed by atoms with Gasteiger partial charge in [-0.3, -0.25) is 0 Å². The molecule has 0 amide bonds. The van der Waals surface area contributed by atoms with Crippen molar-refractivity contribution in [1.29, 1.82) is 0 Å².